The van der Waals surface area contributed by atoms with Crippen LogP contribution in [-0.4, -0.2) is 28.6 Å². The molecular weight excluding hydrogens is 620 g/mol. The number of hydrogen-bond acceptors (Lipinski definition) is 6. The lowest BCUT2D eigenvalue weighted by Crippen LogP contribution is -2.27. The number of ether oxygens (including phenoxy) is 2. The van der Waals surface area contributed by atoms with Crippen LogP contribution in [0.25, 0.3) is 6.08 Å². The first kappa shape index (κ1) is 26.2. The molecule has 0 atom stereocenters. The first-order valence-electron chi connectivity index (χ1n) is 10.7. The zero-order chi connectivity index (χ0) is 25.8. The van der Waals surface area contributed by atoms with E-state index in [1.165, 1.54) is 24.3 Å². The Labute approximate surface area is 229 Å². The third kappa shape index (κ3) is 5.91. The molecule has 3 aromatic rings. The molecule has 0 bridgehead atoms. The van der Waals surface area contributed by atoms with Crippen molar-refractivity contribution in [1.82, 2.24) is 4.90 Å². The first-order valence-corrected chi connectivity index (χ1v) is 13.0. The molecule has 0 spiro atoms. The summed E-state index contributed by atoms with van der Waals surface area (Å²) < 4.78 is 25.1. The van der Waals surface area contributed by atoms with E-state index < -0.39 is 22.9 Å². The van der Waals surface area contributed by atoms with Crippen molar-refractivity contribution >= 4 is 69.1 Å². The molecule has 2 amide bonds. The van der Waals surface area contributed by atoms with Crippen LogP contribution >= 0.6 is 46.0 Å². The van der Waals surface area contributed by atoms with Crippen LogP contribution in [0.3, 0.4) is 0 Å². The van der Waals surface area contributed by atoms with Crippen molar-refractivity contribution in [1.29, 1.82) is 0 Å². The zero-order valence-corrected chi connectivity index (χ0v) is 22.5. The summed E-state index contributed by atoms with van der Waals surface area (Å²) in [5, 5.41) is -0.149. The fraction of sp³-hybridized carbons (Fsp3) is 0.115. The number of benzene rings is 3. The molecule has 4 rings (SSSR count). The van der Waals surface area contributed by atoms with Crippen LogP contribution in [0.5, 0.6) is 11.5 Å². The van der Waals surface area contributed by atoms with Crippen molar-refractivity contribution in [2.24, 2.45) is 0 Å². The Morgan fingerprint density at radius 2 is 1.86 bits per heavy atom. The van der Waals surface area contributed by atoms with Crippen LogP contribution in [0, 0.1) is 9.39 Å². The Morgan fingerprint density at radius 1 is 1.14 bits per heavy atom. The summed E-state index contributed by atoms with van der Waals surface area (Å²) in [7, 11) is 0. The minimum Gasteiger partial charge on any atom is -0.490 e. The van der Waals surface area contributed by atoms with E-state index in [4.69, 9.17) is 21.1 Å². The van der Waals surface area contributed by atoms with Crippen molar-refractivity contribution in [3.05, 3.63) is 96.7 Å². The first-order chi connectivity index (χ1) is 17.3. The third-order valence-corrected chi connectivity index (χ3v) is 7.08. The van der Waals surface area contributed by atoms with Crippen LogP contribution in [0.2, 0.25) is 5.02 Å². The van der Waals surface area contributed by atoms with Crippen molar-refractivity contribution < 1.29 is 28.2 Å². The molecule has 3 aromatic carbocycles. The van der Waals surface area contributed by atoms with Crippen LogP contribution in [0.4, 0.5) is 9.18 Å². The number of halogens is 3. The summed E-state index contributed by atoms with van der Waals surface area (Å²) >= 11 is 8.95. The molecule has 0 N–H and O–H groups in total. The molecule has 10 heteroatoms. The van der Waals surface area contributed by atoms with Gasteiger partial charge in [0.25, 0.3) is 11.1 Å². The molecule has 0 unspecified atom stereocenters. The second kappa shape index (κ2) is 11.4. The smallest absolute Gasteiger partial charge is 0.345 e. The van der Waals surface area contributed by atoms with Gasteiger partial charge in [0.2, 0.25) is 0 Å². The third-order valence-electron chi connectivity index (χ3n) is 5.05. The lowest BCUT2D eigenvalue weighted by atomic mass is 10.1. The van der Waals surface area contributed by atoms with Crippen molar-refractivity contribution in [2.75, 3.05) is 6.61 Å². The molecule has 36 heavy (non-hydrogen) atoms. The number of hydrogen-bond donors (Lipinski definition) is 0. The van der Waals surface area contributed by atoms with Gasteiger partial charge in [0, 0.05) is 0 Å². The molecule has 1 heterocycles. The molecule has 0 saturated carbocycles. The highest BCUT2D eigenvalue weighted by Crippen LogP contribution is 2.38. The maximum atomic E-state index is 13.2. The normalized spacial score (nSPS) is 14.4. The molecule has 184 valence electrons. The number of rotatable bonds is 7. The number of nitrogens with zero attached hydrogens (tertiary/aromatic N) is 1. The highest BCUT2D eigenvalue weighted by Gasteiger charge is 2.35. The van der Waals surface area contributed by atoms with Crippen LogP contribution < -0.4 is 9.47 Å². The van der Waals surface area contributed by atoms with Gasteiger partial charge >= 0.3 is 5.97 Å². The van der Waals surface area contributed by atoms with E-state index in [2.05, 4.69) is 0 Å². The van der Waals surface area contributed by atoms with E-state index in [0.717, 1.165) is 16.7 Å². The van der Waals surface area contributed by atoms with E-state index in [1.54, 1.807) is 49.4 Å². The largest absolute Gasteiger partial charge is 0.490 e. The van der Waals surface area contributed by atoms with Crippen LogP contribution in [0.15, 0.2) is 65.6 Å². The van der Waals surface area contributed by atoms with Gasteiger partial charge < -0.3 is 9.47 Å². The van der Waals surface area contributed by atoms with Crippen molar-refractivity contribution in [3.8, 4) is 11.5 Å². The standard InChI is InChI=1S/C26H18ClFINO5S/c1-2-34-21-12-16(11-20(29)23(21)35-25(32)18-5-3-4-6-19(18)27)13-22-24(31)30(26(33)36-22)14-15-7-9-17(28)10-8-15/h3-13H,2,14H2,1H3/b22-13-. The van der Waals surface area contributed by atoms with E-state index in [0.29, 0.717) is 27.1 Å². The number of esters is 1. The highest BCUT2D eigenvalue weighted by molar-refractivity contribution is 14.1. The number of carbonyl (C=O) groups is 3. The molecule has 0 aromatic heterocycles. The minimum absolute atomic E-state index is 0.0426. The zero-order valence-electron chi connectivity index (χ0n) is 18.8. The molecule has 1 saturated heterocycles. The van der Waals surface area contributed by atoms with Gasteiger partial charge in [-0.25, -0.2) is 9.18 Å². The number of amides is 2. The average Bonchev–Trinajstić information content (AvgIpc) is 3.10. The van der Waals surface area contributed by atoms with Gasteiger partial charge in [0.1, 0.15) is 5.82 Å². The van der Waals surface area contributed by atoms with Gasteiger partial charge in [0.05, 0.1) is 32.2 Å². The van der Waals surface area contributed by atoms with Crippen molar-refractivity contribution in [2.45, 2.75) is 13.5 Å². The van der Waals surface area contributed by atoms with Crippen LogP contribution in [0.1, 0.15) is 28.4 Å². The van der Waals surface area contributed by atoms with Gasteiger partial charge in [-0.2, -0.15) is 0 Å². The Hall–Kier alpha value is -2.89. The SMILES string of the molecule is CCOc1cc(/C=C2\SC(=O)N(Cc3ccc(F)cc3)C2=O)cc(I)c1OC(=O)c1ccccc1Cl. The van der Waals surface area contributed by atoms with E-state index in [9.17, 15) is 18.8 Å². The summed E-state index contributed by atoms with van der Waals surface area (Å²) in [6, 6.07) is 15.5. The number of carbonyl (C=O) groups excluding carboxylic acids is 3. The molecule has 0 aliphatic carbocycles. The molecule has 1 aliphatic rings. The van der Waals surface area contributed by atoms with Gasteiger partial charge in [0.15, 0.2) is 11.5 Å². The fourth-order valence-corrected chi connectivity index (χ4v) is 5.15. The molecular formula is C26H18ClFINO5S. The monoisotopic (exact) mass is 637 g/mol. The van der Waals surface area contributed by atoms with E-state index in [1.807, 2.05) is 22.6 Å². The predicted molar refractivity (Wildman–Crippen MR) is 145 cm³/mol. The lowest BCUT2D eigenvalue weighted by molar-refractivity contribution is -0.123. The Balaban J connectivity index is 1.59. The summed E-state index contributed by atoms with van der Waals surface area (Å²) in [6.07, 6.45) is 1.58. The van der Waals surface area contributed by atoms with Crippen molar-refractivity contribution in [3.63, 3.8) is 0 Å². The summed E-state index contributed by atoms with van der Waals surface area (Å²) in [5.74, 6) is -0.940. The fourth-order valence-electron chi connectivity index (χ4n) is 3.37. The Bertz CT molecular complexity index is 1380. The highest BCUT2D eigenvalue weighted by atomic mass is 127. The van der Waals surface area contributed by atoms with Gasteiger partial charge in [-0.05, 0) is 94.9 Å². The Kier molecular flexibility index (Phi) is 8.32. The summed E-state index contributed by atoms with van der Waals surface area (Å²) in [6.45, 7) is 2.14. The van der Waals surface area contributed by atoms with Gasteiger partial charge in [-0.1, -0.05) is 35.9 Å². The second-order valence-corrected chi connectivity index (χ2v) is 10.1. The van der Waals surface area contributed by atoms with E-state index >= 15 is 0 Å². The summed E-state index contributed by atoms with van der Waals surface area (Å²) in [5.41, 5.74) is 1.45. The molecule has 0 radical (unpaired) electrons. The average molecular weight is 638 g/mol. The summed E-state index contributed by atoms with van der Waals surface area (Å²) in [4.78, 5) is 39.5. The minimum atomic E-state index is -0.630. The maximum absolute atomic E-state index is 13.2. The van der Waals surface area contributed by atoms with Crippen LogP contribution in [-0.2, 0) is 11.3 Å². The van der Waals surface area contributed by atoms with E-state index in [-0.39, 0.29) is 27.8 Å². The predicted octanol–water partition coefficient (Wildman–Crippen LogP) is 6.94. The van der Waals surface area contributed by atoms with Gasteiger partial charge in [-0.15, -0.1) is 0 Å². The lowest BCUT2D eigenvalue weighted by Gasteiger charge is -2.14. The molecule has 6 nitrogen and oxygen atoms in total. The molecule has 1 fully saturated rings. The Morgan fingerprint density at radius 3 is 2.56 bits per heavy atom. The number of imide groups is 1. The topological polar surface area (TPSA) is 72.9 Å². The number of thioether (sulfide) groups is 1. The molecule has 1 aliphatic heterocycles. The van der Waals surface area contributed by atoms with Gasteiger partial charge in [-0.3, -0.25) is 14.5 Å². The second-order valence-electron chi connectivity index (χ2n) is 7.53. The maximum Gasteiger partial charge on any atom is 0.345 e. The quantitative estimate of drug-likeness (QED) is 0.121.